The van der Waals surface area contributed by atoms with E-state index in [0.29, 0.717) is 10.5 Å². The lowest BCUT2D eigenvalue weighted by atomic mass is 10.2. The molecule has 0 atom stereocenters. The number of carbonyl (C=O) groups excluding carboxylic acids is 1. The lowest BCUT2D eigenvalue weighted by molar-refractivity contribution is 0.102. The maximum Gasteiger partial charge on any atom is 0.273 e. The first kappa shape index (κ1) is 26.1. The van der Waals surface area contributed by atoms with Gasteiger partial charge in [0.25, 0.3) is 11.5 Å². The predicted molar refractivity (Wildman–Crippen MR) is 144 cm³/mol. The number of rotatable bonds is 7. The number of thiazole rings is 1. The zero-order valence-corrected chi connectivity index (χ0v) is 21.6. The molecular weight excluding hydrogens is 552 g/mol. The third-order valence-corrected chi connectivity index (χ3v) is 6.69. The van der Waals surface area contributed by atoms with Gasteiger partial charge in [0.15, 0.2) is 23.1 Å². The second-order valence-electron chi connectivity index (χ2n) is 7.97. The van der Waals surface area contributed by atoms with Gasteiger partial charge < -0.3 is 20.5 Å². The van der Waals surface area contributed by atoms with Crippen LogP contribution < -0.4 is 26.1 Å². The molecule has 39 heavy (non-hydrogen) atoms. The number of benzene rings is 2. The summed E-state index contributed by atoms with van der Waals surface area (Å²) >= 11 is 7.22. The first-order valence-electron chi connectivity index (χ1n) is 11.4. The Kier molecular flexibility index (Phi) is 7.13. The monoisotopic (exact) mass is 569 g/mol. The van der Waals surface area contributed by atoms with Gasteiger partial charge in [0.05, 0.1) is 17.8 Å². The fourth-order valence-corrected chi connectivity index (χ4v) is 4.74. The van der Waals surface area contributed by atoms with Gasteiger partial charge in [-0.05, 0) is 43.3 Å². The Labute approximate surface area is 228 Å². The van der Waals surface area contributed by atoms with Gasteiger partial charge in [-0.15, -0.1) is 11.3 Å². The van der Waals surface area contributed by atoms with Crippen molar-refractivity contribution >= 4 is 50.7 Å². The van der Waals surface area contributed by atoms with E-state index in [1.54, 1.807) is 6.92 Å². The Hall–Kier alpha value is -4.55. The Balaban J connectivity index is 1.53. The Bertz CT molecular complexity index is 1780. The van der Waals surface area contributed by atoms with Crippen molar-refractivity contribution in [3.63, 3.8) is 0 Å². The second-order valence-corrected chi connectivity index (χ2v) is 9.18. The van der Waals surface area contributed by atoms with E-state index in [2.05, 4.69) is 15.3 Å². The molecule has 0 spiro atoms. The molecule has 1 amide bonds. The van der Waals surface area contributed by atoms with Gasteiger partial charge in [-0.25, -0.2) is 18.7 Å². The highest BCUT2D eigenvalue weighted by Gasteiger charge is 2.26. The van der Waals surface area contributed by atoms with Crippen LogP contribution in [0.15, 0.2) is 65.0 Å². The number of nitrogens with two attached hydrogens (primary N) is 1. The van der Waals surface area contributed by atoms with E-state index < -0.39 is 23.1 Å². The fourth-order valence-electron chi connectivity index (χ4n) is 3.78. The number of pyridine rings is 2. The summed E-state index contributed by atoms with van der Waals surface area (Å²) < 4.78 is 40.9. The summed E-state index contributed by atoms with van der Waals surface area (Å²) in [5, 5.41) is 2.55. The largest absolute Gasteiger partial charge is 0.490 e. The summed E-state index contributed by atoms with van der Waals surface area (Å²) in [4.78, 5) is 35.6. The van der Waals surface area contributed by atoms with Gasteiger partial charge in [0.1, 0.15) is 32.6 Å². The molecule has 0 radical (unpaired) electrons. The van der Waals surface area contributed by atoms with Gasteiger partial charge in [-0.3, -0.25) is 14.2 Å². The van der Waals surface area contributed by atoms with Crippen molar-refractivity contribution in [3.8, 4) is 22.9 Å². The number of halogens is 3. The number of carbonyl (C=O) groups is 1. The van der Waals surface area contributed by atoms with E-state index in [0.717, 1.165) is 17.4 Å². The number of nitrogens with zero attached hydrogens (tertiary/aromatic N) is 3. The summed E-state index contributed by atoms with van der Waals surface area (Å²) in [6, 6.07) is 10.3. The van der Waals surface area contributed by atoms with E-state index in [9.17, 15) is 18.4 Å². The minimum Gasteiger partial charge on any atom is -0.490 e. The molecule has 3 N–H and O–H groups in total. The quantitative estimate of drug-likeness (QED) is 0.254. The maximum atomic E-state index is 14.9. The second kappa shape index (κ2) is 10.7. The number of amides is 1. The van der Waals surface area contributed by atoms with Crippen LogP contribution in [-0.4, -0.2) is 27.0 Å². The highest BCUT2D eigenvalue weighted by Crippen LogP contribution is 2.35. The van der Waals surface area contributed by atoms with Crippen molar-refractivity contribution in [1.29, 1.82) is 0 Å². The molecule has 3 heterocycles. The average Bonchev–Trinajstić information content (AvgIpc) is 3.39. The molecule has 9 nitrogen and oxygen atoms in total. The van der Waals surface area contributed by atoms with Crippen molar-refractivity contribution in [2.75, 3.05) is 17.7 Å². The number of ether oxygens (including phenoxy) is 2. The molecule has 0 unspecified atom stereocenters. The molecule has 0 fully saturated rings. The average molecular weight is 570 g/mol. The minimum absolute atomic E-state index is 0.0139. The van der Waals surface area contributed by atoms with E-state index in [4.69, 9.17) is 26.8 Å². The number of nitrogens with one attached hydrogen (secondary N) is 1. The molecule has 0 bridgehead atoms. The fraction of sp³-hybridized carbons (Fsp3) is 0.0769. The van der Waals surface area contributed by atoms with E-state index in [1.165, 1.54) is 58.7 Å². The molecule has 0 aliphatic carbocycles. The summed E-state index contributed by atoms with van der Waals surface area (Å²) in [6.07, 6.45) is 1.36. The van der Waals surface area contributed by atoms with Crippen LogP contribution in [0.25, 0.3) is 16.0 Å². The molecule has 2 aromatic carbocycles. The van der Waals surface area contributed by atoms with Crippen molar-refractivity contribution in [1.82, 2.24) is 14.5 Å². The van der Waals surface area contributed by atoms with Crippen LogP contribution in [0.3, 0.4) is 0 Å². The van der Waals surface area contributed by atoms with Crippen LogP contribution in [0, 0.1) is 11.6 Å². The standard InChI is InChI=1S/C26H18ClF2N5O4S/c1-2-37-22-19(25(36)34(26-21(22)32-12-39-26)15-6-3-13(28)4-7-15)24(35)33-14-5-8-17(16(29)11-14)38-18-9-10-31-23(30)20(18)27/h3-12H,2H2,1H3,(H2,30,31)(H,33,35). The summed E-state index contributed by atoms with van der Waals surface area (Å²) in [7, 11) is 0. The van der Waals surface area contributed by atoms with Gasteiger partial charge in [-0.1, -0.05) is 11.6 Å². The van der Waals surface area contributed by atoms with Crippen molar-refractivity contribution < 1.29 is 23.0 Å². The van der Waals surface area contributed by atoms with Crippen LogP contribution in [0.2, 0.25) is 5.02 Å². The molecule has 0 saturated carbocycles. The van der Waals surface area contributed by atoms with Gasteiger partial charge in [0.2, 0.25) is 0 Å². The third-order valence-electron chi connectivity index (χ3n) is 5.50. The van der Waals surface area contributed by atoms with E-state index in [-0.39, 0.29) is 51.5 Å². The SMILES string of the molecule is CCOc1c(C(=O)Nc2ccc(Oc3ccnc(N)c3Cl)c(F)c2)c(=O)n(-c2ccc(F)cc2)c2scnc12. The van der Waals surface area contributed by atoms with Crippen LogP contribution in [-0.2, 0) is 0 Å². The minimum atomic E-state index is -0.854. The van der Waals surface area contributed by atoms with Crippen molar-refractivity contribution in [3.05, 3.63) is 92.8 Å². The Morgan fingerprint density at radius 3 is 2.62 bits per heavy atom. The van der Waals surface area contributed by atoms with Gasteiger partial charge in [-0.2, -0.15) is 0 Å². The normalized spacial score (nSPS) is 11.0. The Morgan fingerprint density at radius 2 is 1.90 bits per heavy atom. The smallest absolute Gasteiger partial charge is 0.273 e. The first-order chi connectivity index (χ1) is 18.8. The topological polar surface area (TPSA) is 121 Å². The van der Waals surface area contributed by atoms with Crippen LogP contribution in [0.4, 0.5) is 20.3 Å². The molecule has 0 aliphatic heterocycles. The molecule has 5 aromatic rings. The highest BCUT2D eigenvalue weighted by molar-refractivity contribution is 7.16. The summed E-state index contributed by atoms with van der Waals surface area (Å²) in [5.41, 5.74) is 6.74. The number of nitrogen functional groups attached to an aromatic ring is 1. The Morgan fingerprint density at radius 1 is 1.13 bits per heavy atom. The molecule has 0 aliphatic rings. The molecule has 5 rings (SSSR count). The zero-order chi connectivity index (χ0) is 27.7. The van der Waals surface area contributed by atoms with Crippen LogP contribution >= 0.6 is 22.9 Å². The number of hydrogen-bond donors (Lipinski definition) is 2. The highest BCUT2D eigenvalue weighted by atomic mass is 35.5. The van der Waals surface area contributed by atoms with Gasteiger partial charge >= 0.3 is 0 Å². The lowest BCUT2D eigenvalue weighted by Crippen LogP contribution is -2.29. The number of anilines is 2. The van der Waals surface area contributed by atoms with E-state index >= 15 is 0 Å². The lowest BCUT2D eigenvalue weighted by Gasteiger charge is -2.15. The third kappa shape index (κ3) is 4.99. The molecule has 3 aromatic heterocycles. The molecule has 0 saturated heterocycles. The van der Waals surface area contributed by atoms with Crippen molar-refractivity contribution in [2.24, 2.45) is 0 Å². The van der Waals surface area contributed by atoms with E-state index in [1.807, 2.05) is 0 Å². The number of hydrogen-bond acceptors (Lipinski definition) is 8. The molecular formula is C26H18ClF2N5O4S. The van der Waals surface area contributed by atoms with Gasteiger partial charge in [0, 0.05) is 24.0 Å². The number of aromatic nitrogens is 3. The maximum absolute atomic E-state index is 14.9. The molecule has 13 heteroatoms. The zero-order valence-electron chi connectivity index (χ0n) is 20.1. The molecule has 198 valence electrons. The van der Waals surface area contributed by atoms with Crippen LogP contribution in [0.5, 0.6) is 17.2 Å². The van der Waals surface area contributed by atoms with Crippen LogP contribution in [0.1, 0.15) is 17.3 Å². The predicted octanol–water partition coefficient (Wildman–Crippen LogP) is 5.80. The van der Waals surface area contributed by atoms with Crippen molar-refractivity contribution in [2.45, 2.75) is 6.92 Å². The first-order valence-corrected chi connectivity index (χ1v) is 12.6. The summed E-state index contributed by atoms with van der Waals surface area (Å²) in [6.45, 7) is 1.85. The summed E-state index contributed by atoms with van der Waals surface area (Å²) in [5.74, 6) is -2.24. The number of fused-ring (bicyclic) bond motifs is 1.